The number of carbonyl (C=O) groups is 1. The van der Waals surface area contributed by atoms with Crippen molar-refractivity contribution in [1.29, 1.82) is 0 Å². The fraction of sp³-hybridized carbons (Fsp3) is 0.929. The molecule has 0 aromatic heterocycles. The number of rotatable bonds is 3. The van der Waals surface area contributed by atoms with E-state index in [9.17, 15) is 4.79 Å². The molecule has 2 N–H and O–H groups in total. The molecule has 0 aromatic carbocycles. The molecule has 104 valence electrons. The van der Waals surface area contributed by atoms with Gasteiger partial charge in [-0.15, -0.1) is 0 Å². The molecule has 0 bridgehead atoms. The molecule has 0 spiro atoms. The summed E-state index contributed by atoms with van der Waals surface area (Å²) < 4.78 is 0. The van der Waals surface area contributed by atoms with Gasteiger partial charge >= 0.3 is 6.03 Å². The number of nitrogens with zero attached hydrogens (tertiary/aromatic N) is 1. The van der Waals surface area contributed by atoms with Crippen LogP contribution in [0.1, 0.15) is 39.0 Å². The minimum atomic E-state index is 0.0594. The van der Waals surface area contributed by atoms with Gasteiger partial charge in [-0.2, -0.15) is 0 Å². The summed E-state index contributed by atoms with van der Waals surface area (Å²) in [6.07, 6.45) is 6.08. The van der Waals surface area contributed by atoms with Gasteiger partial charge in [0.05, 0.1) is 0 Å². The Morgan fingerprint density at radius 1 is 1.33 bits per heavy atom. The van der Waals surface area contributed by atoms with Crippen LogP contribution in [0.3, 0.4) is 0 Å². The first-order chi connectivity index (χ1) is 8.69. The first kappa shape index (κ1) is 13.7. The van der Waals surface area contributed by atoms with Crippen molar-refractivity contribution < 1.29 is 9.90 Å². The number of urea groups is 1. The second-order valence-corrected chi connectivity index (χ2v) is 6.11. The predicted octanol–water partition coefficient (Wildman–Crippen LogP) is 1.84. The van der Waals surface area contributed by atoms with E-state index in [1.54, 1.807) is 0 Å². The number of aliphatic hydroxyl groups excluding tert-OH is 1. The Bertz CT molecular complexity index is 283. The lowest BCUT2D eigenvalue weighted by atomic mass is 9.82. The highest BCUT2D eigenvalue weighted by atomic mass is 16.3. The number of nitrogens with one attached hydrogen (secondary N) is 1. The van der Waals surface area contributed by atoms with Gasteiger partial charge < -0.3 is 15.3 Å². The third-order valence-electron chi connectivity index (χ3n) is 4.42. The van der Waals surface area contributed by atoms with Gasteiger partial charge in [-0.1, -0.05) is 19.8 Å². The summed E-state index contributed by atoms with van der Waals surface area (Å²) in [6.45, 7) is 4.83. The molecule has 1 saturated carbocycles. The van der Waals surface area contributed by atoms with Crippen molar-refractivity contribution in [1.82, 2.24) is 10.2 Å². The number of carbonyl (C=O) groups excluding carboxylic acids is 1. The van der Waals surface area contributed by atoms with E-state index in [0.29, 0.717) is 12.5 Å². The lowest BCUT2D eigenvalue weighted by Gasteiger charge is -2.27. The summed E-state index contributed by atoms with van der Waals surface area (Å²) in [7, 11) is 0. The molecule has 4 heteroatoms. The van der Waals surface area contributed by atoms with Gasteiger partial charge in [0.15, 0.2) is 0 Å². The fourth-order valence-electron chi connectivity index (χ4n) is 3.25. The average molecular weight is 254 g/mol. The van der Waals surface area contributed by atoms with Crippen LogP contribution in [-0.2, 0) is 0 Å². The summed E-state index contributed by atoms with van der Waals surface area (Å²) in [4.78, 5) is 13.8. The second-order valence-electron chi connectivity index (χ2n) is 6.11. The molecular formula is C14H26N2O2. The van der Waals surface area contributed by atoms with Crippen LogP contribution in [0.2, 0.25) is 0 Å². The Hall–Kier alpha value is -0.770. The molecule has 1 saturated heterocycles. The average Bonchev–Trinajstić information content (AvgIpc) is 2.85. The molecule has 0 aromatic rings. The summed E-state index contributed by atoms with van der Waals surface area (Å²) in [5.74, 6) is 1.76. The zero-order valence-electron chi connectivity index (χ0n) is 11.4. The van der Waals surface area contributed by atoms with Gasteiger partial charge in [0.25, 0.3) is 0 Å². The summed E-state index contributed by atoms with van der Waals surface area (Å²) >= 11 is 0. The smallest absolute Gasteiger partial charge is 0.317 e. The quantitative estimate of drug-likeness (QED) is 0.807. The van der Waals surface area contributed by atoms with Crippen molar-refractivity contribution in [2.45, 2.75) is 39.0 Å². The minimum Gasteiger partial charge on any atom is -0.396 e. The monoisotopic (exact) mass is 254 g/mol. The second kappa shape index (κ2) is 6.41. The van der Waals surface area contributed by atoms with Crippen LogP contribution in [0.5, 0.6) is 0 Å². The van der Waals surface area contributed by atoms with Gasteiger partial charge in [0, 0.05) is 32.2 Å². The molecule has 2 rings (SSSR count). The molecule has 2 aliphatic rings. The van der Waals surface area contributed by atoms with E-state index in [1.165, 1.54) is 25.7 Å². The van der Waals surface area contributed by atoms with E-state index in [4.69, 9.17) is 5.11 Å². The maximum atomic E-state index is 12.0. The fourth-order valence-corrected chi connectivity index (χ4v) is 3.25. The highest BCUT2D eigenvalue weighted by Crippen LogP contribution is 2.28. The van der Waals surface area contributed by atoms with Crippen molar-refractivity contribution in [2.24, 2.45) is 17.8 Å². The molecule has 1 aliphatic heterocycles. The van der Waals surface area contributed by atoms with Crippen LogP contribution < -0.4 is 5.32 Å². The zero-order chi connectivity index (χ0) is 13.0. The SMILES string of the molecule is CC1CCCC(CNC(=O)N2CCC(CO)C2)C1. The Labute approximate surface area is 110 Å². The van der Waals surface area contributed by atoms with Gasteiger partial charge in [-0.25, -0.2) is 4.79 Å². The van der Waals surface area contributed by atoms with Gasteiger partial charge in [0.2, 0.25) is 0 Å². The standard InChI is InChI=1S/C14H26N2O2/c1-11-3-2-4-12(7-11)8-15-14(18)16-6-5-13(9-16)10-17/h11-13,17H,2-10H2,1H3,(H,15,18). The number of likely N-dealkylation sites (tertiary alicyclic amines) is 1. The van der Waals surface area contributed by atoms with Crippen LogP contribution >= 0.6 is 0 Å². The Morgan fingerprint density at radius 2 is 2.17 bits per heavy atom. The van der Waals surface area contributed by atoms with Crippen molar-refractivity contribution in [3.63, 3.8) is 0 Å². The molecule has 1 aliphatic carbocycles. The van der Waals surface area contributed by atoms with Gasteiger partial charge in [-0.3, -0.25) is 0 Å². The maximum Gasteiger partial charge on any atom is 0.317 e. The minimum absolute atomic E-state index is 0.0594. The van der Waals surface area contributed by atoms with Crippen LogP contribution in [0.15, 0.2) is 0 Å². The predicted molar refractivity (Wildman–Crippen MR) is 71.3 cm³/mol. The molecule has 2 amide bonds. The third kappa shape index (κ3) is 3.61. The molecule has 3 unspecified atom stereocenters. The Balaban J connectivity index is 1.68. The van der Waals surface area contributed by atoms with E-state index in [2.05, 4.69) is 12.2 Å². The van der Waals surface area contributed by atoms with Crippen LogP contribution in [0.25, 0.3) is 0 Å². The van der Waals surface area contributed by atoms with Crippen molar-refractivity contribution in [3.8, 4) is 0 Å². The van der Waals surface area contributed by atoms with Crippen molar-refractivity contribution in [2.75, 3.05) is 26.2 Å². The van der Waals surface area contributed by atoms with Crippen LogP contribution in [0.4, 0.5) is 4.79 Å². The summed E-state index contributed by atoms with van der Waals surface area (Å²) in [5, 5.41) is 12.1. The Morgan fingerprint density at radius 3 is 2.83 bits per heavy atom. The number of amides is 2. The zero-order valence-corrected chi connectivity index (χ0v) is 11.4. The van der Waals surface area contributed by atoms with Gasteiger partial charge in [-0.05, 0) is 31.1 Å². The first-order valence-corrected chi connectivity index (χ1v) is 7.32. The molecular weight excluding hydrogens is 228 g/mol. The van der Waals surface area contributed by atoms with E-state index >= 15 is 0 Å². The highest BCUT2D eigenvalue weighted by Gasteiger charge is 2.26. The van der Waals surface area contributed by atoms with E-state index in [1.807, 2.05) is 4.90 Å². The largest absolute Gasteiger partial charge is 0.396 e. The number of hydrogen-bond donors (Lipinski definition) is 2. The van der Waals surface area contributed by atoms with Gasteiger partial charge in [0.1, 0.15) is 0 Å². The van der Waals surface area contributed by atoms with Crippen molar-refractivity contribution in [3.05, 3.63) is 0 Å². The Kier molecular flexibility index (Phi) is 4.87. The first-order valence-electron chi connectivity index (χ1n) is 7.32. The van der Waals surface area contributed by atoms with E-state index in [0.717, 1.165) is 25.4 Å². The van der Waals surface area contributed by atoms with Crippen molar-refractivity contribution >= 4 is 6.03 Å². The topological polar surface area (TPSA) is 52.6 Å². The molecule has 2 fully saturated rings. The van der Waals surface area contributed by atoms with Crippen LogP contribution in [0, 0.1) is 17.8 Å². The molecule has 0 radical (unpaired) electrons. The number of aliphatic hydroxyl groups is 1. The molecule has 18 heavy (non-hydrogen) atoms. The number of hydrogen-bond acceptors (Lipinski definition) is 2. The van der Waals surface area contributed by atoms with E-state index < -0.39 is 0 Å². The lowest BCUT2D eigenvalue weighted by molar-refractivity contribution is 0.193. The molecule has 3 atom stereocenters. The molecule has 1 heterocycles. The summed E-state index contributed by atoms with van der Waals surface area (Å²) in [5.41, 5.74) is 0. The van der Waals surface area contributed by atoms with Crippen LogP contribution in [-0.4, -0.2) is 42.3 Å². The highest BCUT2D eigenvalue weighted by molar-refractivity contribution is 5.74. The normalized spacial score (nSPS) is 32.6. The lowest BCUT2D eigenvalue weighted by Crippen LogP contribution is -2.41. The summed E-state index contributed by atoms with van der Waals surface area (Å²) in [6, 6.07) is 0.0594. The maximum absolute atomic E-state index is 12.0. The molecule has 4 nitrogen and oxygen atoms in total. The third-order valence-corrected chi connectivity index (χ3v) is 4.42. The van der Waals surface area contributed by atoms with E-state index in [-0.39, 0.29) is 18.6 Å².